The summed E-state index contributed by atoms with van der Waals surface area (Å²) in [5, 5.41) is 12.3. The maximum absolute atomic E-state index is 12.9. The van der Waals surface area contributed by atoms with Gasteiger partial charge >= 0.3 is 0 Å². The van der Waals surface area contributed by atoms with E-state index in [9.17, 15) is 18.5 Å². The SMILES string of the molecule is C[C@H](CCc1ccccc1)NC(=O)C1CCN(S(=O)(=O)c2ccccc2C#N)CC1. The highest BCUT2D eigenvalue weighted by Crippen LogP contribution is 2.26. The van der Waals surface area contributed by atoms with Gasteiger partial charge < -0.3 is 5.32 Å². The number of benzene rings is 2. The van der Waals surface area contributed by atoms with Crippen molar-refractivity contribution in [2.45, 2.75) is 43.5 Å². The maximum Gasteiger partial charge on any atom is 0.244 e. The van der Waals surface area contributed by atoms with E-state index in [0.29, 0.717) is 12.8 Å². The largest absolute Gasteiger partial charge is 0.353 e. The monoisotopic (exact) mass is 425 g/mol. The lowest BCUT2D eigenvalue weighted by atomic mass is 9.96. The van der Waals surface area contributed by atoms with Crippen LogP contribution in [0.5, 0.6) is 0 Å². The van der Waals surface area contributed by atoms with E-state index in [-0.39, 0.29) is 41.4 Å². The van der Waals surface area contributed by atoms with Crippen LogP contribution in [0.25, 0.3) is 0 Å². The second-order valence-corrected chi connectivity index (χ2v) is 9.63. The molecule has 3 rings (SSSR count). The van der Waals surface area contributed by atoms with Crippen molar-refractivity contribution in [2.24, 2.45) is 5.92 Å². The normalized spacial score (nSPS) is 16.5. The van der Waals surface area contributed by atoms with E-state index in [1.54, 1.807) is 12.1 Å². The highest BCUT2D eigenvalue weighted by molar-refractivity contribution is 7.89. The fourth-order valence-electron chi connectivity index (χ4n) is 3.74. The molecule has 7 heteroatoms. The van der Waals surface area contributed by atoms with Crippen LogP contribution in [0, 0.1) is 17.2 Å². The molecule has 1 N–H and O–H groups in total. The van der Waals surface area contributed by atoms with E-state index in [1.807, 2.05) is 31.2 Å². The van der Waals surface area contributed by atoms with Gasteiger partial charge in [0.05, 0.1) is 10.5 Å². The first-order valence-corrected chi connectivity index (χ1v) is 11.7. The number of nitriles is 1. The van der Waals surface area contributed by atoms with Crippen LogP contribution in [0.15, 0.2) is 59.5 Å². The fraction of sp³-hybridized carbons (Fsp3) is 0.391. The number of amides is 1. The van der Waals surface area contributed by atoms with E-state index >= 15 is 0 Å². The molecule has 0 saturated carbocycles. The number of hydrogen-bond acceptors (Lipinski definition) is 4. The third-order valence-corrected chi connectivity index (χ3v) is 7.50. The molecule has 158 valence electrons. The molecule has 1 amide bonds. The first kappa shape index (κ1) is 22.0. The number of rotatable bonds is 7. The number of nitrogens with zero attached hydrogens (tertiary/aromatic N) is 2. The Morgan fingerprint density at radius 2 is 1.77 bits per heavy atom. The van der Waals surface area contributed by atoms with Crippen LogP contribution >= 0.6 is 0 Å². The van der Waals surface area contributed by atoms with Crippen LogP contribution < -0.4 is 5.32 Å². The van der Waals surface area contributed by atoms with Gasteiger partial charge in [0.1, 0.15) is 6.07 Å². The molecule has 1 atom stereocenters. The molecule has 1 heterocycles. The van der Waals surface area contributed by atoms with Crippen molar-refractivity contribution < 1.29 is 13.2 Å². The molecule has 1 aliphatic heterocycles. The number of carbonyl (C=O) groups is 1. The summed E-state index contributed by atoms with van der Waals surface area (Å²) in [5.41, 5.74) is 1.39. The Kier molecular flexibility index (Phi) is 7.24. The van der Waals surface area contributed by atoms with E-state index in [0.717, 1.165) is 12.8 Å². The Labute approximate surface area is 178 Å². The van der Waals surface area contributed by atoms with Gasteiger partial charge in [-0.25, -0.2) is 8.42 Å². The molecule has 2 aromatic carbocycles. The zero-order valence-corrected chi connectivity index (χ0v) is 17.9. The Bertz CT molecular complexity index is 1010. The van der Waals surface area contributed by atoms with Gasteiger partial charge in [-0.1, -0.05) is 42.5 Å². The second-order valence-electron chi connectivity index (χ2n) is 7.72. The molecule has 6 nitrogen and oxygen atoms in total. The number of carbonyl (C=O) groups excluding carboxylic acids is 1. The van der Waals surface area contributed by atoms with Crippen molar-refractivity contribution in [1.82, 2.24) is 9.62 Å². The lowest BCUT2D eigenvalue weighted by Gasteiger charge is -2.31. The van der Waals surface area contributed by atoms with Crippen LogP contribution in [0.1, 0.15) is 37.3 Å². The Balaban J connectivity index is 1.52. The molecule has 0 aromatic heterocycles. The van der Waals surface area contributed by atoms with Crippen LogP contribution in [0.3, 0.4) is 0 Å². The summed E-state index contributed by atoms with van der Waals surface area (Å²) in [6.07, 6.45) is 2.71. The Morgan fingerprint density at radius 1 is 1.13 bits per heavy atom. The third-order valence-electron chi connectivity index (χ3n) is 5.55. The van der Waals surface area contributed by atoms with Crippen LogP contribution in [-0.2, 0) is 21.2 Å². The number of nitrogens with one attached hydrogen (secondary N) is 1. The molecule has 1 aliphatic rings. The average molecular weight is 426 g/mol. The molecular formula is C23H27N3O3S. The zero-order valence-electron chi connectivity index (χ0n) is 17.1. The molecule has 1 fully saturated rings. The summed E-state index contributed by atoms with van der Waals surface area (Å²) in [7, 11) is -3.74. The minimum Gasteiger partial charge on any atom is -0.353 e. The van der Waals surface area contributed by atoms with Crippen LogP contribution in [0.2, 0.25) is 0 Å². The Hall–Kier alpha value is -2.69. The second kappa shape index (κ2) is 9.88. The molecule has 0 unspecified atom stereocenters. The van der Waals surface area contributed by atoms with Gasteiger partial charge in [0.25, 0.3) is 0 Å². The predicted octanol–water partition coefficient (Wildman–Crippen LogP) is 3.10. The average Bonchev–Trinajstić information content (AvgIpc) is 2.78. The van der Waals surface area contributed by atoms with Crippen LogP contribution in [-0.4, -0.2) is 37.8 Å². The smallest absolute Gasteiger partial charge is 0.244 e. The highest BCUT2D eigenvalue weighted by Gasteiger charge is 2.33. The first-order chi connectivity index (χ1) is 14.4. The van der Waals surface area contributed by atoms with Crippen molar-refractivity contribution in [1.29, 1.82) is 5.26 Å². The lowest BCUT2D eigenvalue weighted by molar-refractivity contribution is -0.126. The molecular weight excluding hydrogens is 398 g/mol. The summed E-state index contributed by atoms with van der Waals surface area (Å²) in [5.74, 6) is -0.202. The van der Waals surface area contributed by atoms with Crippen molar-refractivity contribution in [2.75, 3.05) is 13.1 Å². The Morgan fingerprint density at radius 3 is 2.43 bits per heavy atom. The van der Waals surface area contributed by atoms with E-state index in [1.165, 1.54) is 22.0 Å². The van der Waals surface area contributed by atoms with Gasteiger partial charge in [-0.3, -0.25) is 4.79 Å². The quantitative estimate of drug-likeness (QED) is 0.738. The minimum absolute atomic E-state index is 0.00923. The maximum atomic E-state index is 12.9. The number of hydrogen-bond donors (Lipinski definition) is 1. The summed E-state index contributed by atoms with van der Waals surface area (Å²) in [6, 6.07) is 18.4. The first-order valence-electron chi connectivity index (χ1n) is 10.3. The van der Waals surface area contributed by atoms with E-state index < -0.39 is 10.0 Å². The summed E-state index contributed by atoms with van der Waals surface area (Å²) >= 11 is 0. The van der Waals surface area contributed by atoms with Gasteiger partial charge in [-0.15, -0.1) is 0 Å². The summed E-state index contributed by atoms with van der Waals surface area (Å²) in [6.45, 7) is 2.55. The number of sulfonamides is 1. The zero-order chi connectivity index (χ0) is 21.6. The molecule has 0 bridgehead atoms. The van der Waals surface area contributed by atoms with Crippen molar-refractivity contribution in [3.05, 3.63) is 65.7 Å². The third kappa shape index (κ3) is 5.26. The molecule has 0 radical (unpaired) electrons. The minimum atomic E-state index is -3.74. The van der Waals surface area contributed by atoms with Gasteiger partial charge in [0, 0.05) is 25.0 Å². The van der Waals surface area contributed by atoms with Gasteiger partial charge in [-0.05, 0) is 50.3 Å². The van der Waals surface area contributed by atoms with Crippen LogP contribution in [0.4, 0.5) is 0 Å². The fourth-order valence-corrected chi connectivity index (χ4v) is 5.35. The summed E-state index contributed by atoms with van der Waals surface area (Å²) < 4.78 is 27.2. The van der Waals surface area contributed by atoms with E-state index in [2.05, 4.69) is 17.4 Å². The number of piperidine rings is 1. The van der Waals surface area contributed by atoms with Gasteiger partial charge in [0.2, 0.25) is 15.9 Å². The molecule has 30 heavy (non-hydrogen) atoms. The predicted molar refractivity (Wildman–Crippen MR) is 115 cm³/mol. The summed E-state index contributed by atoms with van der Waals surface area (Å²) in [4.78, 5) is 12.7. The lowest BCUT2D eigenvalue weighted by Crippen LogP contribution is -2.45. The topological polar surface area (TPSA) is 90.3 Å². The molecule has 1 saturated heterocycles. The molecule has 2 aromatic rings. The molecule has 0 aliphatic carbocycles. The van der Waals surface area contributed by atoms with Crippen molar-refractivity contribution in [3.8, 4) is 6.07 Å². The van der Waals surface area contributed by atoms with E-state index in [4.69, 9.17) is 0 Å². The standard InChI is InChI=1S/C23H27N3O3S/c1-18(11-12-19-7-3-2-4-8-19)25-23(27)20-13-15-26(16-14-20)30(28,29)22-10-6-5-9-21(22)17-24/h2-10,18,20H,11-16H2,1H3,(H,25,27)/t18-/m1/s1. The highest BCUT2D eigenvalue weighted by atomic mass is 32.2. The number of aryl methyl sites for hydroxylation is 1. The van der Waals surface area contributed by atoms with Gasteiger partial charge in [0.15, 0.2) is 0 Å². The van der Waals surface area contributed by atoms with Crippen molar-refractivity contribution >= 4 is 15.9 Å². The van der Waals surface area contributed by atoms with Gasteiger partial charge in [-0.2, -0.15) is 9.57 Å². The molecule has 0 spiro atoms. The van der Waals surface area contributed by atoms with Crippen molar-refractivity contribution in [3.63, 3.8) is 0 Å².